The number of nitrogens with one attached hydrogen (secondary N) is 2. The van der Waals surface area contributed by atoms with Gasteiger partial charge in [0.2, 0.25) is 17.6 Å². The lowest BCUT2D eigenvalue weighted by Crippen LogP contribution is -2.18. The van der Waals surface area contributed by atoms with Gasteiger partial charge in [-0.3, -0.25) is 19.2 Å². The number of ether oxygens (including phenoxy) is 1. The van der Waals surface area contributed by atoms with E-state index in [0.717, 1.165) is 5.56 Å². The molecule has 0 spiro atoms. The molecule has 0 radical (unpaired) electrons. The van der Waals surface area contributed by atoms with E-state index in [1.54, 1.807) is 12.1 Å². The normalized spacial score (nSPS) is 10.2. The summed E-state index contributed by atoms with van der Waals surface area (Å²) in [6.07, 6.45) is 0.398. The fourth-order valence-corrected chi connectivity index (χ4v) is 2.55. The van der Waals surface area contributed by atoms with E-state index in [0.29, 0.717) is 12.1 Å². The van der Waals surface area contributed by atoms with Crippen molar-refractivity contribution in [3.63, 3.8) is 0 Å². The lowest BCUT2D eigenvalue weighted by molar-refractivity contribution is -0.142. The molecule has 2 rings (SSSR count). The summed E-state index contributed by atoms with van der Waals surface area (Å²) < 4.78 is 17.9. The van der Waals surface area contributed by atoms with Crippen LogP contribution in [0.3, 0.4) is 0 Å². The molecule has 2 aromatic rings. The van der Waals surface area contributed by atoms with Gasteiger partial charge in [-0.25, -0.2) is 4.39 Å². The van der Waals surface area contributed by atoms with Crippen molar-refractivity contribution in [3.05, 3.63) is 59.4 Å². The number of amides is 2. The molecule has 2 aromatic carbocycles. The average Bonchev–Trinajstić information content (AvgIpc) is 2.65. The van der Waals surface area contributed by atoms with Gasteiger partial charge in [0.15, 0.2) is 6.61 Å². The molecule has 7 nitrogen and oxygen atoms in total. The predicted octanol–water partition coefficient (Wildman–Crippen LogP) is 3.10. The molecule has 0 unspecified atom stereocenters. The van der Waals surface area contributed by atoms with Gasteiger partial charge >= 0.3 is 5.97 Å². The second-order valence-electron chi connectivity index (χ2n) is 6.33. The molecule has 0 aliphatic rings. The Bertz CT molecular complexity index is 925. The number of Topliss-reactive ketones (excluding diaryl/α,β-unsaturated/α-hetero) is 1. The van der Waals surface area contributed by atoms with E-state index < -0.39 is 24.3 Å². The zero-order valence-electron chi connectivity index (χ0n) is 16.1. The number of anilines is 2. The summed E-state index contributed by atoms with van der Waals surface area (Å²) in [5.74, 6) is -2.12. The molecule has 0 saturated heterocycles. The van der Waals surface area contributed by atoms with E-state index in [9.17, 15) is 23.6 Å². The van der Waals surface area contributed by atoms with Gasteiger partial charge in [0.1, 0.15) is 5.82 Å². The quantitative estimate of drug-likeness (QED) is 0.524. The summed E-state index contributed by atoms with van der Waals surface area (Å²) in [5, 5.41) is 5.08. The van der Waals surface area contributed by atoms with Crippen LogP contribution in [0.5, 0.6) is 0 Å². The maximum Gasteiger partial charge on any atom is 0.306 e. The highest BCUT2D eigenvalue weighted by atomic mass is 19.1. The van der Waals surface area contributed by atoms with Crippen molar-refractivity contribution in [1.29, 1.82) is 0 Å². The molecule has 2 N–H and O–H groups in total. The number of rotatable bonds is 8. The van der Waals surface area contributed by atoms with Crippen molar-refractivity contribution in [2.45, 2.75) is 26.7 Å². The molecule has 29 heavy (non-hydrogen) atoms. The summed E-state index contributed by atoms with van der Waals surface area (Å²) in [6, 6.07) is 10.2. The number of benzene rings is 2. The highest BCUT2D eigenvalue weighted by Gasteiger charge is 2.16. The van der Waals surface area contributed by atoms with Crippen LogP contribution >= 0.6 is 0 Å². The van der Waals surface area contributed by atoms with Gasteiger partial charge in [-0.05, 0) is 42.3 Å². The lowest BCUT2D eigenvalue weighted by Gasteiger charge is -2.12. The molecule has 0 bridgehead atoms. The third kappa shape index (κ3) is 7.17. The number of hydrogen-bond donors (Lipinski definition) is 2. The molecule has 0 atom stereocenters. The van der Waals surface area contributed by atoms with Crippen LogP contribution < -0.4 is 10.6 Å². The predicted molar refractivity (Wildman–Crippen MR) is 105 cm³/mol. The second kappa shape index (κ2) is 10.1. The zero-order chi connectivity index (χ0) is 21.4. The van der Waals surface area contributed by atoms with Crippen LogP contribution in [0.4, 0.5) is 15.8 Å². The molecule has 8 heteroatoms. The van der Waals surface area contributed by atoms with Crippen molar-refractivity contribution < 1.29 is 28.3 Å². The van der Waals surface area contributed by atoms with Gasteiger partial charge < -0.3 is 15.4 Å². The summed E-state index contributed by atoms with van der Waals surface area (Å²) in [5.41, 5.74) is 1.54. The van der Waals surface area contributed by atoms with Gasteiger partial charge in [0.25, 0.3) is 0 Å². The minimum absolute atomic E-state index is 0.0406. The molecule has 0 fully saturated rings. The molecule has 0 aromatic heterocycles. The SMILES string of the molecule is CC(=O)Nc1ccc(C(=O)COC(=O)CCc2ccc(F)cc2)c(NC(C)=O)c1. The number of carbonyl (C=O) groups excluding carboxylic acids is 4. The molecule has 0 heterocycles. The van der Waals surface area contributed by atoms with Crippen LogP contribution in [-0.4, -0.2) is 30.2 Å². The van der Waals surface area contributed by atoms with E-state index >= 15 is 0 Å². The summed E-state index contributed by atoms with van der Waals surface area (Å²) in [4.78, 5) is 46.9. The van der Waals surface area contributed by atoms with Crippen molar-refractivity contribution >= 4 is 34.9 Å². The molecule has 0 saturated carbocycles. The Labute approximate surface area is 167 Å². The first-order valence-corrected chi connectivity index (χ1v) is 8.87. The minimum Gasteiger partial charge on any atom is -0.457 e. The molecule has 152 valence electrons. The van der Waals surface area contributed by atoms with E-state index in [-0.39, 0.29) is 29.4 Å². The Balaban J connectivity index is 1.97. The van der Waals surface area contributed by atoms with Gasteiger partial charge in [-0.1, -0.05) is 12.1 Å². The molecular weight excluding hydrogens is 379 g/mol. The fourth-order valence-electron chi connectivity index (χ4n) is 2.55. The van der Waals surface area contributed by atoms with Crippen LogP contribution in [0.25, 0.3) is 0 Å². The Morgan fingerprint density at radius 2 is 1.59 bits per heavy atom. The molecule has 0 aliphatic carbocycles. The maximum atomic E-state index is 12.9. The number of esters is 1. The minimum atomic E-state index is -0.571. The fraction of sp³-hybridized carbons (Fsp3) is 0.238. The van der Waals surface area contributed by atoms with Gasteiger partial charge in [0.05, 0.1) is 5.69 Å². The van der Waals surface area contributed by atoms with Gasteiger partial charge in [0, 0.05) is 31.5 Å². The molecule has 2 amide bonds. The topological polar surface area (TPSA) is 102 Å². The van der Waals surface area contributed by atoms with Crippen LogP contribution in [-0.2, 0) is 25.5 Å². The number of aryl methyl sites for hydroxylation is 1. The Hall–Kier alpha value is -3.55. The van der Waals surface area contributed by atoms with Crippen LogP contribution in [0.1, 0.15) is 36.2 Å². The Morgan fingerprint density at radius 1 is 0.931 bits per heavy atom. The second-order valence-corrected chi connectivity index (χ2v) is 6.33. The maximum absolute atomic E-state index is 12.9. The Kier molecular flexibility index (Phi) is 7.59. The van der Waals surface area contributed by atoms with Gasteiger partial charge in [-0.15, -0.1) is 0 Å². The summed E-state index contributed by atoms with van der Waals surface area (Å²) in [7, 11) is 0. The monoisotopic (exact) mass is 400 g/mol. The average molecular weight is 400 g/mol. The lowest BCUT2D eigenvalue weighted by atomic mass is 10.1. The van der Waals surface area contributed by atoms with E-state index in [1.165, 1.54) is 44.2 Å². The van der Waals surface area contributed by atoms with Crippen LogP contribution in [0, 0.1) is 5.82 Å². The highest BCUT2D eigenvalue weighted by molar-refractivity contribution is 6.06. The first-order chi connectivity index (χ1) is 13.7. The van der Waals surface area contributed by atoms with E-state index in [4.69, 9.17) is 4.74 Å². The Morgan fingerprint density at radius 3 is 2.21 bits per heavy atom. The van der Waals surface area contributed by atoms with Crippen molar-refractivity contribution in [3.8, 4) is 0 Å². The summed E-state index contributed by atoms with van der Waals surface area (Å²) >= 11 is 0. The van der Waals surface area contributed by atoms with Crippen molar-refractivity contribution in [2.75, 3.05) is 17.2 Å². The molecular formula is C21H21FN2O5. The van der Waals surface area contributed by atoms with E-state index in [2.05, 4.69) is 10.6 Å². The summed E-state index contributed by atoms with van der Waals surface area (Å²) in [6.45, 7) is 2.13. The number of carbonyl (C=O) groups is 4. The van der Waals surface area contributed by atoms with Crippen molar-refractivity contribution in [2.24, 2.45) is 0 Å². The van der Waals surface area contributed by atoms with Crippen LogP contribution in [0.2, 0.25) is 0 Å². The number of hydrogen-bond acceptors (Lipinski definition) is 5. The van der Waals surface area contributed by atoms with Crippen LogP contribution in [0.15, 0.2) is 42.5 Å². The molecule has 0 aliphatic heterocycles. The zero-order valence-corrected chi connectivity index (χ0v) is 16.1. The van der Waals surface area contributed by atoms with Crippen molar-refractivity contribution in [1.82, 2.24) is 0 Å². The van der Waals surface area contributed by atoms with Gasteiger partial charge in [-0.2, -0.15) is 0 Å². The smallest absolute Gasteiger partial charge is 0.306 e. The largest absolute Gasteiger partial charge is 0.457 e. The third-order valence-corrected chi connectivity index (χ3v) is 3.85. The first-order valence-electron chi connectivity index (χ1n) is 8.87. The standard InChI is InChI=1S/C21H21FN2O5/c1-13(25)23-17-8-9-18(19(11-17)24-14(2)26)20(27)12-29-21(28)10-5-15-3-6-16(22)7-4-15/h3-4,6-9,11H,5,10,12H2,1-2H3,(H,23,25)(H,24,26). The number of halogens is 1. The first kappa shape index (κ1) is 21.7. The number of ketones is 1. The van der Waals surface area contributed by atoms with E-state index in [1.807, 2.05) is 0 Å². The third-order valence-electron chi connectivity index (χ3n) is 3.85. The highest BCUT2D eigenvalue weighted by Crippen LogP contribution is 2.22.